The summed E-state index contributed by atoms with van der Waals surface area (Å²) in [6.45, 7) is 3.47. The molecule has 0 aliphatic carbocycles. The molecule has 1 aromatic carbocycles. The molecule has 112 valence electrons. The van der Waals surface area contributed by atoms with E-state index >= 15 is 0 Å². The minimum absolute atomic E-state index is 0.518. The van der Waals surface area contributed by atoms with Crippen molar-refractivity contribution in [2.75, 3.05) is 18.5 Å². The van der Waals surface area contributed by atoms with Crippen LogP contribution in [0.15, 0.2) is 29.0 Å². The zero-order valence-electron chi connectivity index (χ0n) is 12.3. The van der Waals surface area contributed by atoms with E-state index < -0.39 is 0 Å². The van der Waals surface area contributed by atoms with E-state index in [1.807, 2.05) is 6.92 Å². The fraction of sp³-hybridized carbons (Fsp3) is 0.312. The lowest BCUT2D eigenvalue weighted by atomic mass is 10.1. The number of anilines is 1. The number of benzene rings is 1. The van der Waals surface area contributed by atoms with Gasteiger partial charge in [0.1, 0.15) is 23.3 Å². The first kappa shape index (κ1) is 13.1. The van der Waals surface area contributed by atoms with Gasteiger partial charge in [-0.2, -0.15) is 4.98 Å². The number of fused-ring (bicyclic) bond motifs is 2. The highest BCUT2D eigenvalue weighted by Crippen LogP contribution is 2.26. The van der Waals surface area contributed by atoms with Crippen LogP contribution in [-0.4, -0.2) is 28.3 Å². The number of nitrogens with zero attached hydrogens (tertiary/aromatic N) is 3. The summed E-state index contributed by atoms with van der Waals surface area (Å²) in [6, 6.07) is 6.40. The molecule has 0 atom stereocenters. The molecule has 0 fully saturated rings. The summed E-state index contributed by atoms with van der Waals surface area (Å²) in [5.41, 5.74) is 3.92. The van der Waals surface area contributed by atoms with E-state index in [9.17, 15) is 0 Å². The van der Waals surface area contributed by atoms with Crippen LogP contribution in [0.25, 0.3) is 11.1 Å². The Balaban J connectivity index is 1.47. The third-order valence-corrected chi connectivity index (χ3v) is 3.90. The third-order valence-electron chi connectivity index (χ3n) is 3.90. The first-order valence-corrected chi connectivity index (χ1v) is 7.37. The predicted octanol–water partition coefficient (Wildman–Crippen LogP) is 2.52. The smallest absolute Gasteiger partial charge is 0.263 e. The first-order chi connectivity index (χ1) is 10.8. The van der Waals surface area contributed by atoms with Crippen LogP contribution in [0, 0.1) is 6.92 Å². The van der Waals surface area contributed by atoms with Gasteiger partial charge in [0.2, 0.25) is 0 Å². The van der Waals surface area contributed by atoms with Gasteiger partial charge in [0, 0.05) is 13.0 Å². The number of aromatic nitrogens is 3. The molecule has 0 radical (unpaired) electrons. The number of nitrogens with one attached hydrogen (secondary N) is 1. The van der Waals surface area contributed by atoms with Crippen molar-refractivity contribution < 1.29 is 9.26 Å². The minimum Gasteiger partial charge on any atom is -0.493 e. The predicted molar refractivity (Wildman–Crippen MR) is 82.2 cm³/mol. The Hall–Kier alpha value is -2.63. The molecule has 0 spiro atoms. The van der Waals surface area contributed by atoms with Crippen molar-refractivity contribution in [3.8, 4) is 5.75 Å². The maximum atomic E-state index is 5.53. The Morgan fingerprint density at radius 3 is 3.18 bits per heavy atom. The van der Waals surface area contributed by atoms with Crippen molar-refractivity contribution in [3.63, 3.8) is 0 Å². The van der Waals surface area contributed by atoms with Crippen LogP contribution in [0.1, 0.15) is 16.8 Å². The van der Waals surface area contributed by atoms with Crippen molar-refractivity contribution in [2.24, 2.45) is 0 Å². The van der Waals surface area contributed by atoms with E-state index in [-0.39, 0.29) is 0 Å². The highest BCUT2D eigenvalue weighted by Gasteiger charge is 2.13. The molecule has 0 unspecified atom stereocenters. The standard InChI is InChI=1S/C16H16N4O2/c1-10-14-15(18-9-19-16(14)22-20-10)17-6-4-11-2-3-13-12(8-11)5-7-21-13/h2-3,8-9H,4-7H2,1H3,(H,17,18,19). The van der Waals surface area contributed by atoms with Gasteiger partial charge < -0.3 is 14.6 Å². The quantitative estimate of drug-likeness (QED) is 0.797. The molecule has 0 saturated carbocycles. The lowest BCUT2D eigenvalue weighted by molar-refractivity contribution is 0.357. The Kier molecular flexibility index (Phi) is 3.14. The fourth-order valence-electron chi connectivity index (χ4n) is 2.78. The molecule has 22 heavy (non-hydrogen) atoms. The molecule has 3 aromatic rings. The largest absolute Gasteiger partial charge is 0.493 e. The Bertz CT molecular complexity index is 828. The third kappa shape index (κ3) is 2.26. The summed E-state index contributed by atoms with van der Waals surface area (Å²) in [6.07, 6.45) is 3.41. The van der Waals surface area contributed by atoms with Crippen LogP contribution in [0.2, 0.25) is 0 Å². The highest BCUT2D eigenvalue weighted by molar-refractivity contribution is 5.87. The number of ether oxygens (including phenoxy) is 1. The summed E-state index contributed by atoms with van der Waals surface area (Å²) in [5.74, 6) is 1.79. The van der Waals surface area contributed by atoms with Crippen molar-refractivity contribution in [1.29, 1.82) is 0 Å². The maximum absolute atomic E-state index is 5.53. The number of rotatable bonds is 4. The van der Waals surface area contributed by atoms with Crippen molar-refractivity contribution in [1.82, 2.24) is 15.1 Å². The molecule has 6 heteroatoms. The van der Waals surface area contributed by atoms with Gasteiger partial charge in [-0.1, -0.05) is 17.3 Å². The van der Waals surface area contributed by atoms with Gasteiger partial charge in [-0.15, -0.1) is 0 Å². The zero-order valence-corrected chi connectivity index (χ0v) is 12.3. The molecule has 1 aliphatic heterocycles. The van der Waals surface area contributed by atoms with Crippen LogP contribution >= 0.6 is 0 Å². The minimum atomic E-state index is 0.518. The molecule has 2 aromatic heterocycles. The van der Waals surface area contributed by atoms with Crippen LogP contribution in [0.4, 0.5) is 5.82 Å². The van der Waals surface area contributed by atoms with Gasteiger partial charge in [-0.05, 0) is 30.5 Å². The highest BCUT2D eigenvalue weighted by atomic mass is 16.5. The number of hydrogen-bond donors (Lipinski definition) is 1. The molecule has 6 nitrogen and oxygen atoms in total. The lowest BCUT2D eigenvalue weighted by Crippen LogP contribution is -2.07. The molecule has 1 aliphatic rings. The summed E-state index contributed by atoms with van der Waals surface area (Å²) in [5, 5.41) is 8.13. The van der Waals surface area contributed by atoms with E-state index in [0.717, 1.165) is 48.6 Å². The van der Waals surface area contributed by atoms with E-state index in [0.29, 0.717) is 5.71 Å². The number of hydrogen-bond acceptors (Lipinski definition) is 6. The molecule has 3 heterocycles. The van der Waals surface area contributed by atoms with Crippen LogP contribution < -0.4 is 10.1 Å². The molecular weight excluding hydrogens is 280 g/mol. The fourth-order valence-corrected chi connectivity index (χ4v) is 2.78. The second-order valence-electron chi connectivity index (χ2n) is 5.39. The van der Waals surface area contributed by atoms with Crippen LogP contribution in [0.5, 0.6) is 5.75 Å². The van der Waals surface area contributed by atoms with E-state index in [1.165, 1.54) is 17.5 Å². The second-order valence-corrected chi connectivity index (χ2v) is 5.39. The zero-order chi connectivity index (χ0) is 14.9. The van der Waals surface area contributed by atoms with Gasteiger partial charge >= 0.3 is 0 Å². The Morgan fingerprint density at radius 1 is 1.27 bits per heavy atom. The van der Waals surface area contributed by atoms with Crippen LogP contribution in [0.3, 0.4) is 0 Å². The van der Waals surface area contributed by atoms with Gasteiger partial charge in [-0.25, -0.2) is 4.98 Å². The molecule has 0 amide bonds. The van der Waals surface area contributed by atoms with E-state index in [4.69, 9.17) is 9.26 Å². The summed E-state index contributed by atoms with van der Waals surface area (Å²) >= 11 is 0. The monoisotopic (exact) mass is 296 g/mol. The van der Waals surface area contributed by atoms with Crippen molar-refractivity contribution >= 4 is 16.9 Å². The van der Waals surface area contributed by atoms with Gasteiger partial charge in [-0.3, -0.25) is 0 Å². The topological polar surface area (TPSA) is 73.1 Å². The van der Waals surface area contributed by atoms with Gasteiger partial charge in [0.25, 0.3) is 5.71 Å². The molecule has 4 rings (SSSR count). The summed E-state index contributed by atoms with van der Waals surface area (Å²) < 4.78 is 10.7. The molecule has 1 N–H and O–H groups in total. The lowest BCUT2D eigenvalue weighted by Gasteiger charge is -2.07. The summed E-state index contributed by atoms with van der Waals surface area (Å²) in [7, 11) is 0. The van der Waals surface area contributed by atoms with Crippen molar-refractivity contribution in [2.45, 2.75) is 19.8 Å². The Labute approximate surface area is 127 Å². The SMILES string of the molecule is Cc1noc2ncnc(NCCc3ccc4c(c3)CCO4)c12. The van der Waals surface area contributed by atoms with E-state index in [1.54, 1.807) is 0 Å². The molecule has 0 saturated heterocycles. The first-order valence-electron chi connectivity index (χ1n) is 7.37. The van der Waals surface area contributed by atoms with Gasteiger partial charge in [0.05, 0.1) is 12.3 Å². The normalized spacial score (nSPS) is 13.1. The number of aryl methyl sites for hydroxylation is 1. The van der Waals surface area contributed by atoms with Gasteiger partial charge in [0.15, 0.2) is 0 Å². The van der Waals surface area contributed by atoms with Crippen molar-refractivity contribution in [3.05, 3.63) is 41.3 Å². The van der Waals surface area contributed by atoms with Crippen LogP contribution in [-0.2, 0) is 12.8 Å². The summed E-state index contributed by atoms with van der Waals surface area (Å²) in [4.78, 5) is 8.36. The average molecular weight is 296 g/mol. The van der Waals surface area contributed by atoms with E-state index in [2.05, 4.69) is 38.6 Å². The average Bonchev–Trinajstić information content (AvgIpc) is 3.14. The molecule has 0 bridgehead atoms. The maximum Gasteiger partial charge on any atom is 0.263 e. The second kappa shape index (κ2) is 5.29. The Morgan fingerprint density at radius 2 is 2.23 bits per heavy atom. The molecular formula is C16H16N4O2.